The Hall–Kier alpha value is -1.03. The quantitative estimate of drug-likeness (QED) is 0.782. The fourth-order valence-electron chi connectivity index (χ4n) is 2.64. The zero-order valence-corrected chi connectivity index (χ0v) is 14.8. The third-order valence-corrected chi connectivity index (χ3v) is 7.31. The Bertz CT molecular complexity index is 739. The van der Waals surface area contributed by atoms with Crippen LogP contribution in [-0.4, -0.2) is 57.9 Å². The molecule has 0 aliphatic carbocycles. The van der Waals surface area contributed by atoms with E-state index in [0.717, 1.165) is 6.26 Å². The third kappa shape index (κ3) is 4.72. The Labute approximate surface area is 137 Å². The van der Waals surface area contributed by atoms with Crippen molar-refractivity contribution in [3.8, 4) is 0 Å². The smallest absolute Gasteiger partial charge is 0.213 e. The summed E-state index contributed by atoms with van der Waals surface area (Å²) in [4.78, 5) is 0. The number of piperidine rings is 1. The minimum absolute atomic E-state index is 0.178. The minimum atomic E-state index is -3.49. The molecule has 0 amide bonds. The van der Waals surface area contributed by atoms with Gasteiger partial charge in [-0.05, 0) is 30.5 Å². The molecule has 9 heteroatoms. The second kappa shape index (κ2) is 6.84. The van der Waals surface area contributed by atoms with Crippen LogP contribution in [-0.2, 0) is 25.8 Å². The molecule has 6 nitrogen and oxygen atoms in total. The van der Waals surface area contributed by atoms with Gasteiger partial charge in [-0.3, -0.25) is 0 Å². The van der Waals surface area contributed by atoms with E-state index < -0.39 is 25.9 Å². The van der Waals surface area contributed by atoms with Gasteiger partial charge in [-0.25, -0.2) is 29.8 Å². The summed E-state index contributed by atoms with van der Waals surface area (Å²) in [6.45, 7) is 0.572. The Kier molecular flexibility index (Phi) is 5.44. The molecule has 0 bridgehead atoms. The molecule has 1 aliphatic heterocycles. The maximum Gasteiger partial charge on any atom is 0.218 e. The van der Waals surface area contributed by atoms with Crippen molar-refractivity contribution >= 4 is 20.0 Å². The second-order valence-electron chi connectivity index (χ2n) is 5.79. The first-order chi connectivity index (χ1) is 10.6. The first-order valence-corrected chi connectivity index (χ1v) is 10.7. The van der Waals surface area contributed by atoms with Crippen LogP contribution in [0.5, 0.6) is 0 Å². The van der Waals surface area contributed by atoms with Crippen molar-refractivity contribution in [3.63, 3.8) is 0 Å². The summed E-state index contributed by atoms with van der Waals surface area (Å²) in [6.07, 6.45) is 2.07. The topological polar surface area (TPSA) is 74.8 Å². The zero-order valence-electron chi connectivity index (χ0n) is 13.1. The van der Waals surface area contributed by atoms with Crippen molar-refractivity contribution in [2.24, 2.45) is 0 Å². The van der Waals surface area contributed by atoms with Crippen molar-refractivity contribution in [1.82, 2.24) is 8.61 Å². The van der Waals surface area contributed by atoms with Crippen LogP contribution in [0.3, 0.4) is 0 Å². The zero-order chi connectivity index (χ0) is 17.3. The Morgan fingerprint density at radius 2 is 1.65 bits per heavy atom. The monoisotopic (exact) mass is 364 g/mol. The first kappa shape index (κ1) is 18.3. The molecule has 1 aliphatic rings. The van der Waals surface area contributed by atoms with E-state index in [-0.39, 0.29) is 24.9 Å². The molecule has 0 saturated carbocycles. The van der Waals surface area contributed by atoms with Crippen LogP contribution >= 0.6 is 0 Å². The van der Waals surface area contributed by atoms with Gasteiger partial charge in [-0.2, -0.15) is 0 Å². The highest BCUT2D eigenvalue weighted by molar-refractivity contribution is 7.88. The van der Waals surface area contributed by atoms with E-state index in [4.69, 9.17) is 0 Å². The molecular formula is C14H21FN2O4S2. The minimum Gasteiger partial charge on any atom is -0.213 e. The number of rotatable bonds is 5. The van der Waals surface area contributed by atoms with Crippen LogP contribution in [0.4, 0.5) is 4.39 Å². The molecule has 1 fully saturated rings. The third-order valence-electron chi connectivity index (χ3n) is 4.12. The van der Waals surface area contributed by atoms with Gasteiger partial charge in [0.25, 0.3) is 0 Å². The van der Waals surface area contributed by atoms with Gasteiger partial charge in [0.05, 0.1) is 12.0 Å². The lowest BCUT2D eigenvalue weighted by Gasteiger charge is -2.35. The summed E-state index contributed by atoms with van der Waals surface area (Å²) in [7, 11) is -5.25. The van der Waals surface area contributed by atoms with Crippen LogP contribution in [0.25, 0.3) is 0 Å². The van der Waals surface area contributed by atoms with Crippen LogP contribution in [0.15, 0.2) is 24.3 Å². The van der Waals surface area contributed by atoms with E-state index in [2.05, 4.69) is 0 Å². The lowest BCUT2D eigenvalue weighted by atomic mass is 10.1. The number of sulfonamides is 2. The first-order valence-electron chi connectivity index (χ1n) is 7.25. The average Bonchev–Trinajstić information content (AvgIpc) is 2.48. The highest BCUT2D eigenvalue weighted by atomic mass is 32.2. The largest absolute Gasteiger partial charge is 0.218 e. The molecule has 0 spiro atoms. The molecule has 23 heavy (non-hydrogen) atoms. The maximum atomic E-state index is 12.9. The van der Waals surface area contributed by atoms with E-state index in [1.807, 2.05) is 0 Å². The fourth-order valence-corrected chi connectivity index (χ4v) is 4.95. The van der Waals surface area contributed by atoms with Crippen molar-refractivity contribution in [3.05, 3.63) is 35.6 Å². The highest BCUT2D eigenvalue weighted by Crippen LogP contribution is 2.21. The summed E-state index contributed by atoms with van der Waals surface area (Å²) in [6, 6.07) is 5.20. The number of hydrogen-bond donors (Lipinski definition) is 0. The molecule has 2 rings (SSSR count). The van der Waals surface area contributed by atoms with Crippen LogP contribution in [0, 0.1) is 5.82 Å². The molecule has 0 atom stereocenters. The molecule has 1 heterocycles. The van der Waals surface area contributed by atoms with E-state index in [0.29, 0.717) is 18.4 Å². The predicted molar refractivity (Wildman–Crippen MR) is 86.2 cm³/mol. The number of halogens is 1. The number of benzene rings is 1. The van der Waals surface area contributed by atoms with Gasteiger partial charge in [0.2, 0.25) is 20.0 Å². The molecule has 0 radical (unpaired) electrons. The predicted octanol–water partition coefficient (Wildman–Crippen LogP) is 1.01. The molecule has 0 N–H and O–H groups in total. The lowest BCUT2D eigenvalue weighted by Crippen LogP contribution is -2.47. The molecule has 0 aromatic heterocycles. The van der Waals surface area contributed by atoms with Crippen molar-refractivity contribution in [1.29, 1.82) is 0 Å². The van der Waals surface area contributed by atoms with Crippen molar-refractivity contribution in [2.75, 3.05) is 26.4 Å². The molecular weight excluding hydrogens is 343 g/mol. The van der Waals surface area contributed by atoms with Gasteiger partial charge in [0, 0.05) is 26.2 Å². The average molecular weight is 364 g/mol. The van der Waals surface area contributed by atoms with Crippen LogP contribution < -0.4 is 0 Å². The van der Waals surface area contributed by atoms with Crippen LogP contribution in [0.2, 0.25) is 0 Å². The maximum absolute atomic E-state index is 12.9. The Morgan fingerprint density at radius 1 is 1.13 bits per heavy atom. The molecule has 1 aromatic carbocycles. The normalized spacial score (nSPS) is 18.4. The lowest BCUT2D eigenvalue weighted by molar-refractivity contribution is 0.239. The van der Waals surface area contributed by atoms with E-state index in [1.165, 1.54) is 39.9 Å². The summed E-state index contributed by atoms with van der Waals surface area (Å²) < 4.78 is 63.5. The summed E-state index contributed by atoms with van der Waals surface area (Å²) >= 11 is 0. The van der Waals surface area contributed by atoms with E-state index in [9.17, 15) is 21.2 Å². The summed E-state index contributed by atoms with van der Waals surface area (Å²) in [5.74, 6) is -0.587. The van der Waals surface area contributed by atoms with Crippen molar-refractivity contribution < 1.29 is 21.2 Å². The Morgan fingerprint density at radius 3 is 2.13 bits per heavy atom. The van der Waals surface area contributed by atoms with Gasteiger partial charge >= 0.3 is 0 Å². The molecule has 1 aromatic rings. The van der Waals surface area contributed by atoms with E-state index >= 15 is 0 Å². The molecule has 0 unspecified atom stereocenters. The van der Waals surface area contributed by atoms with Gasteiger partial charge in [0.15, 0.2) is 0 Å². The molecule has 130 valence electrons. The molecule has 1 saturated heterocycles. The summed E-state index contributed by atoms with van der Waals surface area (Å²) in [5.41, 5.74) is 0.529. The van der Waals surface area contributed by atoms with E-state index in [1.54, 1.807) is 0 Å². The van der Waals surface area contributed by atoms with Crippen molar-refractivity contribution in [2.45, 2.75) is 24.6 Å². The SMILES string of the molecule is CN(C1CCN(S(=O)(=O)Cc2ccc(F)cc2)CC1)S(C)(=O)=O. The van der Waals surface area contributed by atoms with Gasteiger partial charge < -0.3 is 0 Å². The highest BCUT2D eigenvalue weighted by Gasteiger charge is 2.32. The van der Waals surface area contributed by atoms with Gasteiger partial charge in [-0.15, -0.1) is 0 Å². The fraction of sp³-hybridized carbons (Fsp3) is 0.571. The second-order valence-corrected chi connectivity index (χ2v) is 9.80. The number of nitrogens with zero attached hydrogens (tertiary/aromatic N) is 2. The summed E-state index contributed by atoms with van der Waals surface area (Å²) in [5, 5.41) is 0. The van der Waals surface area contributed by atoms with Gasteiger partial charge in [0.1, 0.15) is 5.82 Å². The Balaban J connectivity index is 2.00. The van der Waals surface area contributed by atoms with Crippen LogP contribution in [0.1, 0.15) is 18.4 Å². The van der Waals surface area contributed by atoms with Gasteiger partial charge in [-0.1, -0.05) is 12.1 Å². The number of hydrogen-bond acceptors (Lipinski definition) is 4. The standard InChI is InChI=1S/C14H21FN2O4S2/c1-16(22(2,18)19)14-7-9-17(10-8-14)23(20,21)11-12-3-5-13(15)6-4-12/h3-6,14H,7-11H2,1-2H3.